The lowest BCUT2D eigenvalue weighted by molar-refractivity contribution is 0.203. The number of benzene rings is 2. The van der Waals surface area contributed by atoms with Crippen LogP contribution in [0.4, 0.5) is 0 Å². The van der Waals surface area contributed by atoms with Gasteiger partial charge >= 0.3 is 0 Å². The van der Waals surface area contributed by atoms with Gasteiger partial charge in [0, 0.05) is 15.1 Å². The van der Waals surface area contributed by atoms with Crippen LogP contribution in [-0.2, 0) is 0 Å². The van der Waals surface area contributed by atoms with Crippen molar-refractivity contribution in [2.45, 2.75) is 11.0 Å². The normalized spacial score (nSPS) is 12.2. The molecule has 0 amide bonds. The first-order valence-electron chi connectivity index (χ1n) is 6.00. The Bertz CT molecular complexity index is 592. The van der Waals surface area contributed by atoms with Crippen molar-refractivity contribution < 1.29 is 9.84 Å². The van der Waals surface area contributed by atoms with E-state index in [0.29, 0.717) is 16.5 Å². The lowest BCUT2D eigenvalue weighted by Crippen LogP contribution is -2.01. The summed E-state index contributed by atoms with van der Waals surface area (Å²) >= 11 is 11.0. The highest BCUT2D eigenvalue weighted by molar-refractivity contribution is 9.10. The van der Waals surface area contributed by atoms with Crippen LogP contribution in [0.25, 0.3) is 0 Å². The van der Waals surface area contributed by atoms with E-state index in [1.54, 1.807) is 31.0 Å². The second-order valence-corrected chi connectivity index (χ2v) is 6.59. The number of methoxy groups -OCH3 is 1. The van der Waals surface area contributed by atoms with Crippen LogP contribution in [0, 0.1) is 0 Å². The summed E-state index contributed by atoms with van der Waals surface area (Å²) in [5.74, 6) is 1.15. The molecular weight excluding hydrogens is 360 g/mol. The van der Waals surface area contributed by atoms with E-state index in [-0.39, 0.29) is 0 Å². The summed E-state index contributed by atoms with van der Waals surface area (Å²) in [5, 5.41) is 10.8. The minimum Gasteiger partial charge on any atom is -0.495 e. The maximum absolute atomic E-state index is 10.2. The van der Waals surface area contributed by atoms with Crippen LogP contribution in [0.5, 0.6) is 5.75 Å². The van der Waals surface area contributed by atoms with Crippen molar-refractivity contribution in [3.8, 4) is 5.75 Å². The summed E-state index contributed by atoms with van der Waals surface area (Å²) in [4.78, 5) is 1.11. The fraction of sp³-hybridized carbons (Fsp3) is 0.200. The second-order valence-electron chi connectivity index (χ2n) is 4.18. The highest BCUT2D eigenvalue weighted by Crippen LogP contribution is 2.31. The molecule has 0 saturated carbocycles. The Morgan fingerprint density at radius 1 is 1.30 bits per heavy atom. The fourth-order valence-corrected chi connectivity index (χ4v) is 3.39. The van der Waals surface area contributed by atoms with Gasteiger partial charge in [-0.15, -0.1) is 11.8 Å². The number of hydrogen-bond acceptors (Lipinski definition) is 3. The molecule has 2 rings (SSSR count). The first-order chi connectivity index (χ1) is 9.60. The summed E-state index contributed by atoms with van der Waals surface area (Å²) in [6.45, 7) is 0. The van der Waals surface area contributed by atoms with E-state index in [9.17, 15) is 5.11 Å². The van der Waals surface area contributed by atoms with Gasteiger partial charge in [-0.05, 0) is 35.9 Å². The molecule has 2 aromatic carbocycles. The molecule has 0 aliphatic heterocycles. The van der Waals surface area contributed by atoms with Gasteiger partial charge in [0.25, 0.3) is 0 Å². The largest absolute Gasteiger partial charge is 0.495 e. The molecule has 0 heterocycles. The van der Waals surface area contributed by atoms with Crippen LogP contribution >= 0.6 is 39.3 Å². The zero-order valence-electron chi connectivity index (χ0n) is 10.8. The van der Waals surface area contributed by atoms with Gasteiger partial charge in [-0.3, -0.25) is 0 Å². The third-order valence-electron chi connectivity index (χ3n) is 2.76. The van der Waals surface area contributed by atoms with E-state index in [1.807, 2.05) is 30.3 Å². The predicted octanol–water partition coefficient (Wildman–Crippen LogP) is 4.94. The maximum Gasteiger partial charge on any atom is 0.137 e. The standard InChI is InChI=1S/C15H14BrClO2S/c1-19-15-7-10(5-6-13(15)17)14(18)9-20-12-4-2-3-11(16)8-12/h2-8,14,18H,9H2,1H3. The Kier molecular flexibility index (Phi) is 5.78. The minimum absolute atomic E-state index is 0.545. The van der Waals surface area contributed by atoms with Gasteiger partial charge in [0.1, 0.15) is 5.75 Å². The molecule has 0 fully saturated rings. The molecule has 1 unspecified atom stereocenters. The van der Waals surface area contributed by atoms with Crippen molar-refractivity contribution >= 4 is 39.3 Å². The number of aliphatic hydroxyl groups is 1. The summed E-state index contributed by atoms with van der Waals surface area (Å²) in [5.41, 5.74) is 0.800. The summed E-state index contributed by atoms with van der Waals surface area (Å²) < 4.78 is 6.19. The van der Waals surface area contributed by atoms with E-state index >= 15 is 0 Å². The molecule has 2 aromatic rings. The molecule has 5 heteroatoms. The van der Waals surface area contributed by atoms with Gasteiger partial charge in [0.15, 0.2) is 0 Å². The fourth-order valence-electron chi connectivity index (χ4n) is 1.71. The van der Waals surface area contributed by atoms with Crippen molar-refractivity contribution in [2.75, 3.05) is 12.9 Å². The molecule has 106 valence electrons. The maximum atomic E-state index is 10.2. The molecular formula is C15H14BrClO2S. The van der Waals surface area contributed by atoms with Crippen LogP contribution in [0.15, 0.2) is 51.8 Å². The number of ether oxygens (including phenoxy) is 1. The number of rotatable bonds is 5. The van der Waals surface area contributed by atoms with Gasteiger partial charge in [-0.25, -0.2) is 0 Å². The Balaban J connectivity index is 2.03. The molecule has 0 radical (unpaired) electrons. The monoisotopic (exact) mass is 372 g/mol. The highest BCUT2D eigenvalue weighted by Gasteiger charge is 2.11. The van der Waals surface area contributed by atoms with Gasteiger partial charge in [0.2, 0.25) is 0 Å². The van der Waals surface area contributed by atoms with Crippen molar-refractivity contribution in [3.63, 3.8) is 0 Å². The van der Waals surface area contributed by atoms with E-state index in [2.05, 4.69) is 15.9 Å². The van der Waals surface area contributed by atoms with Crippen molar-refractivity contribution in [3.05, 3.63) is 57.5 Å². The molecule has 0 saturated heterocycles. The van der Waals surface area contributed by atoms with E-state index in [1.165, 1.54) is 0 Å². The predicted molar refractivity (Wildman–Crippen MR) is 87.8 cm³/mol. The van der Waals surface area contributed by atoms with Crippen LogP contribution in [-0.4, -0.2) is 18.0 Å². The number of halogens is 2. The summed E-state index contributed by atoms with van der Waals surface area (Å²) in [6, 6.07) is 13.3. The number of thioether (sulfide) groups is 1. The van der Waals surface area contributed by atoms with Crippen LogP contribution < -0.4 is 4.74 Å². The molecule has 0 bridgehead atoms. The zero-order valence-corrected chi connectivity index (χ0v) is 14.0. The quantitative estimate of drug-likeness (QED) is 0.753. The molecule has 0 aliphatic carbocycles. The lowest BCUT2D eigenvalue weighted by Gasteiger charge is -2.13. The van der Waals surface area contributed by atoms with Gasteiger partial charge < -0.3 is 9.84 Å². The summed E-state index contributed by atoms with van der Waals surface area (Å²) in [6.07, 6.45) is -0.565. The van der Waals surface area contributed by atoms with Crippen molar-refractivity contribution in [1.82, 2.24) is 0 Å². The third kappa shape index (κ3) is 4.16. The van der Waals surface area contributed by atoms with Crippen LogP contribution in [0.3, 0.4) is 0 Å². The molecule has 2 nitrogen and oxygen atoms in total. The van der Waals surface area contributed by atoms with Crippen molar-refractivity contribution in [1.29, 1.82) is 0 Å². The zero-order chi connectivity index (χ0) is 14.5. The van der Waals surface area contributed by atoms with Gasteiger partial charge in [0.05, 0.1) is 18.2 Å². The first kappa shape index (κ1) is 15.7. The SMILES string of the molecule is COc1cc(C(O)CSc2cccc(Br)c2)ccc1Cl. The van der Waals surface area contributed by atoms with Crippen LogP contribution in [0.2, 0.25) is 5.02 Å². The van der Waals surface area contributed by atoms with Gasteiger partial charge in [-0.2, -0.15) is 0 Å². The first-order valence-corrected chi connectivity index (χ1v) is 8.15. The minimum atomic E-state index is -0.565. The van der Waals surface area contributed by atoms with Gasteiger partial charge in [-0.1, -0.05) is 39.7 Å². The Morgan fingerprint density at radius 2 is 2.10 bits per heavy atom. The van der Waals surface area contributed by atoms with E-state index in [0.717, 1.165) is 14.9 Å². The summed E-state index contributed by atoms with van der Waals surface area (Å²) in [7, 11) is 1.56. The Morgan fingerprint density at radius 3 is 2.80 bits per heavy atom. The number of aliphatic hydroxyl groups excluding tert-OH is 1. The van der Waals surface area contributed by atoms with Crippen LogP contribution in [0.1, 0.15) is 11.7 Å². The molecule has 1 atom stereocenters. The van der Waals surface area contributed by atoms with E-state index < -0.39 is 6.10 Å². The molecule has 0 aliphatic rings. The third-order valence-corrected chi connectivity index (χ3v) is 4.64. The smallest absolute Gasteiger partial charge is 0.137 e. The second kappa shape index (κ2) is 7.36. The molecule has 0 aromatic heterocycles. The molecule has 0 spiro atoms. The number of hydrogen-bond donors (Lipinski definition) is 1. The highest BCUT2D eigenvalue weighted by atomic mass is 79.9. The topological polar surface area (TPSA) is 29.5 Å². The Hall–Kier alpha value is -0.680. The average Bonchev–Trinajstić information content (AvgIpc) is 2.45. The van der Waals surface area contributed by atoms with Crippen molar-refractivity contribution in [2.24, 2.45) is 0 Å². The average molecular weight is 374 g/mol. The Labute approximate surface area is 136 Å². The molecule has 1 N–H and O–H groups in total. The molecule has 20 heavy (non-hydrogen) atoms. The van der Waals surface area contributed by atoms with E-state index in [4.69, 9.17) is 16.3 Å². The lowest BCUT2D eigenvalue weighted by atomic mass is 10.1.